The molecule has 0 spiro atoms. The van der Waals surface area contributed by atoms with Crippen LogP contribution in [-0.2, 0) is 6.54 Å². The Morgan fingerprint density at radius 1 is 1.05 bits per heavy atom. The first-order valence-electron chi connectivity index (χ1n) is 14.8. The maximum Gasteiger partial charge on any atom is 0.258 e. The van der Waals surface area contributed by atoms with Crippen molar-refractivity contribution in [3.63, 3.8) is 0 Å². The number of para-hydroxylation sites is 2. The van der Waals surface area contributed by atoms with Gasteiger partial charge in [0.05, 0.1) is 23.9 Å². The minimum atomic E-state index is -0.388. The Balaban J connectivity index is 1.36. The van der Waals surface area contributed by atoms with Gasteiger partial charge >= 0.3 is 0 Å². The number of rotatable bonds is 10. The smallest absolute Gasteiger partial charge is 0.258 e. The van der Waals surface area contributed by atoms with Gasteiger partial charge in [-0.1, -0.05) is 43.3 Å². The molecule has 0 fully saturated rings. The molecule has 0 saturated heterocycles. The predicted octanol–water partition coefficient (Wildman–Crippen LogP) is 5.48. The second kappa shape index (κ2) is 14.2. The number of benzene rings is 3. The monoisotopic (exact) mass is 594 g/mol. The van der Waals surface area contributed by atoms with E-state index in [1.807, 2.05) is 75.5 Å². The number of hydrogen-bond donors (Lipinski definition) is 2. The number of carbonyl (C=O) groups is 2. The van der Waals surface area contributed by atoms with Crippen molar-refractivity contribution in [1.29, 1.82) is 0 Å². The number of ether oxygens (including phenoxy) is 2. The van der Waals surface area contributed by atoms with Crippen LogP contribution in [-0.4, -0.2) is 70.6 Å². The molecule has 4 aromatic rings. The molecule has 2 N–H and O–H groups in total. The van der Waals surface area contributed by atoms with Gasteiger partial charge in [-0.05, 0) is 68.1 Å². The lowest BCUT2D eigenvalue weighted by Gasteiger charge is -2.38. The first-order valence-corrected chi connectivity index (χ1v) is 14.8. The third kappa shape index (κ3) is 7.42. The van der Waals surface area contributed by atoms with Crippen LogP contribution in [0.5, 0.6) is 17.2 Å². The zero-order valence-corrected chi connectivity index (χ0v) is 25.2. The van der Waals surface area contributed by atoms with Gasteiger partial charge in [0.2, 0.25) is 0 Å². The van der Waals surface area contributed by atoms with Crippen molar-refractivity contribution in [2.24, 2.45) is 5.92 Å². The zero-order valence-electron chi connectivity index (χ0n) is 25.2. The van der Waals surface area contributed by atoms with Crippen LogP contribution in [0.15, 0.2) is 97.3 Å². The van der Waals surface area contributed by atoms with Crippen LogP contribution in [0.3, 0.4) is 0 Å². The van der Waals surface area contributed by atoms with Gasteiger partial charge in [-0.25, -0.2) is 0 Å². The van der Waals surface area contributed by atoms with E-state index < -0.39 is 0 Å². The highest BCUT2D eigenvalue weighted by atomic mass is 16.5. The Kier molecular flexibility index (Phi) is 9.89. The molecule has 0 aliphatic carbocycles. The molecule has 3 aromatic carbocycles. The topological polar surface area (TPSA) is 104 Å². The van der Waals surface area contributed by atoms with Gasteiger partial charge in [0.25, 0.3) is 11.8 Å². The van der Waals surface area contributed by atoms with E-state index in [2.05, 4.69) is 15.2 Å². The van der Waals surface area contributed by atoms with Crippen LogP contribution in [0.1, 0.15) is 40.1 Å². The Labute approximate surface area is 258 Å². The summed E-state index contributed by atoms with van der Waals surface area (Å²) < 4.78 is 12.6. The maximum atomic E-state index is 13.7. The van der Waals surface area contributed by atoms with Crippen molar-refractivity contribution < 1.29 is 24.2 Å². The highest BCUT2D eigenvalue weighted by molar-refractivity contribution is 6.07. The Morgan fingerprint density at radius 2 is 1.75 bits per heavy atom. The normalized spacial score (nSPS) is 17.2. The SMILES string of the molecule is CC(CO)N1C[C@H](C)C(CN(C)Cc2ccc(Oc3ccccc3)cc2)Oc2c(NC(=O)c3ccncc3)cccc2C1=O. The Morgan fingerprint density at radius 3 is 2.45 bits per heavy atom. The number of aliphatic hydroxyl groups excluding tert-OH is 1. The predicted molar refractivity (Wildman–Crippen MR) is 169 cm³/mol. The van der Waals surface area contributed by atoms with E-state index in [-0.39, 0.29) is 36.5 Å². The number of hydrogen-bond acceptors (Lipinski definition) is 7. The highest BCUT2D eigenvalue weighted by Gasteiger charge is 2.34. The summed E-state index contributed by atoms with van der Waals surface area (Å²) >= 11 is 0. The van der Waals surface area contributed by atoms with Gasteiger partial charge in [-0.15, -0.1) is 0 Å². The number of carbonyl (C=O) groups excluding carboxylic acids is 2. The second-order valence-corrected chi connectivity index (χ2v) is 11.3. The van der Waals surface area contributed by atoms with Gasteiger partial charge in [-0.2, -0.15) is 0 Å². The van der Waals surface area contributed by atoms with Gasteiger partial charge in [-0.3, -0.25) is 19.5 Å². The summed E-state index contributed by atoms with van der Waals surface area (Å²) in [4.78, 5) is 34.7. The fourth-order valence-corrected chi connectivity index (χ4v) is 5.23. The Bertz CT molecular complexity index is 1550. The molecule has 44 heavy (non-hydrogen) atoms. The number of amides is 2. The molecule has 2 unspecified atom stereocenters. The van der Waals surface area contributed by atoms with E-state index in [9.17, 15) is 14.7 Å². The summed E-state index contributed by atoms with van der Waals surface area (Å²) in [6, 6.07) is 25.7. The molecule has 2 heterocycles. The molecule has 2 amide bonds. The van der Waals surface area contributed by atoms with Crippen molar-refractivity contribution in [2.45, 2.75) is 32.5 Å². The molecule has 0 radical (unpaired) electrons. The van der Waals surface area contributed by atoms with E-state index in [0.717, 1.165) is 17.1 Å². The minimum absolute atomic E-state index is 0.0749. The molecular weight excluding hydrogens is 556 g/mol. The quantitative estimate of drug-likeness (QED) is 0.251. The third-order valence-electron chi connectivity index (χ3n) is 7.73. The molecule has 1 aliphatic heterocycles. The van der Waals surface area contributed by atoms with Crippen LogP contribution in [0.25, 0.3) is 0 Å². The van der Waals surface area contributed by atoms with Crippen LogP contribution in [0.2, 0.25) is 0 Å². The summed E-state index contributed by atoms with van der Waals surface area (Å²) in [6.45, 7) is 5.35. The third-order valence-corrected chi connectivity index (χ3v) is 7.73. The van der Waals surface area contributed by atoms with Crippen LogP contribution < -0.4 is 14.8 Å². The number of nitrogens with one attached hydrogen (secondary N) is 1. The fraction of sp³-hybridized carbons (Fsp3) is 0.286. The molecule has 0 saturated carbocycles. The van der Waals surface area contributed by atoms with E-state index in [1.165, 1.54) is 0 Å². The van der Waals surface area contributed by atoms with Crippen molar-refractivity contribution in [3.05, 3.63) is 114 Å². The molecule has 9 nitrogen and oxygen atoms in total. The summed E-state index contributed by atoms with van der Waals surface area (Å²) in [5.74, 6) is 1.21. The van der Waals surface area contributed by atoms with Crippen LogP contribution in [0, 0.1) is 5.92 Å². The van der Waals surface area contributed by atoms with E-state index in [0.29, 0.717) is 42.2 Å². The molecule has 9 heteroatoms. The summed E-state index contributed by atoms with van der Waals surface area (Å²) in [5.41, 5.74) is 2.30. The van der Waals surface area contributed by atoms with Crippen molar-refractivity contribution >= 4 is 17.5 Å². The first-order chi connectivity index (χ1) is 21.3. The number of aromatic nitrogens is 1. The molecule has 5 rings (SSSR count). The molecule has 1 aliphatic rings. The van der Waals surface area contributed by atoms with Crippen molar-refractivity contribution in [1.82, 2.24) is 14.8 Å². The molecule has 3 atom stereocenters. The molecular formula is C35H38N4O5. The minimum Gasteiger partial charge on any atom is -0.486 e. The average molecular weight is 595 g/mol. The summed E-state index contributed by atoms with van der Waals surface area (Å²) in [6.07, 6.45) is 2.78. The number of likely N-dealkylation sites (N-methyl/N-ethyl adjacent to an activating group) is 1. The number of pyridine rings is 1. The first kappa shape index (κ1) is 30.7. The second-order valence-electron chi connectivity index (χ2n) is 11.3. The van der Waals surface area contributed by atoms with Crippen LogP contribution >= 0.6 is 0 Å². The zero-order chi connectivity index (χ0) is 31.1. The average Bonchev–Trinajstić information content (AvgIpc) is 3.04. The molecule has 228 valence electrons. The number of anilines is 1. The lowest BCUT2D eigenvalue weighted by atomic mass is 9.98. The standard InChI is InChI=1S/C35H38N4O5/c1-24-20-39(25(2)23-40)35(42)30-10-7-11-31(37-34(41)27-16-18-36-19-17-27)33(30)44-32(24)22-38(3)21-26-12-14-29(15-13-26)43-28-8-5-4-6-9-28/h4-19,24-25,32,40H,20-23H2,1-3H3,(H,37,41)/t24-,25?,32?/m0/s1. The van der Waals surface area contributed by atoms with Crippen LogP contribution in [0.4, 0.5) is 5.69 Å². The number of aliphatic hydroxyl groups is 1. The van der Waals surface area contributed by atoms with E-state index in [1.54, 1.807) is 47.6 Å². The molecule has 1 aromatic heterocycles. The lowest BCUT2D eigenvalue weighted by Crippen LogP contribution is -2.49. The molecule has 0 bridgehead atoms. The van der Waals surface area contributed by atoms with E-state index in [4.69, 9.17) is 9.47 Å². The number of fused-ring (bicyclic) bond motifs is 1. The van der Waals surface area contributed by atoms with Gasteiger partial charge in [0, 0.05) is 43.5 Å². The maximum absolute atomic E-state index is 13.7. The van der Waals surface area contributed by atoms with Crippen molar-refractivity contribution in [2.75, 3.05) is 32.1 Å². The highest BCUT2D eigenvalue weighted by Crippen LogP contribution is 2.35. The Hall–Kier alpha value is -4.73. The van der Waals surface area contributed by atoms with Gasteiger partial charge in [0.1, 0.15) is 17.6 Å². The largest absolute Gasteiger partial charge is 0.486 e. The lowest BCUT2D eigenvalue weighted by molar-refractivity contribution is 0.0343. The fourth-order valence-electron chi connectivity index (χ4n) is 5.23. The van der Waals surface area contributed by atoms with Gasteiger partial charge < -0.3 is 24.8 Å². The summed E-state index contributed by atoms with van der Waals surface area (Å²) in [7, 11) is 2.03. The van der Waals surface area contributed by atoms with E-state index >= 15 is 0 Å². The van der Waals surface area contributed by atoms with Crippen molar-refractivity contribution in [3.8, 4) is 17.2 Å². The number of nitrogens with zero attached hydrogens (tertiary/aromatic N) is 3. The summed E-state index contributed by atoms with van der Waals surface area (Å²) in [5, 5.41) is 12.9. The van der Waals surface area contributed by atoms with Gasteiger partial charge in [0.15, 0.2) is 5.75 Å².